The van der Waals surface area contributed by atoms with Crippen LogP contribution in [0.5, 0.6) is 5.75 Å². The second kappa shape index (κ2) is 8.49. The molecule has 0 spiro atoms. The molecule has 0 unspecified atom stereocenters. The summed E-state index contributed by atoms with van der Waals surface area (Å²) in [5, 5.41) is 3.43. The zero-order valence-corrected chi connectivity index (χ0v) is 17.6. The summed E-state index contributed by atoms with van der Waals surface area (Å²) < 4.78 is 5.92. The number of ether oxygens (including phenoxy) is 1. The van der Waals surface area contributed by atoms with Gasteiger partial charge in [-0.25, -0.2) is 9.97 Å². The third-order valence-electron chi connectivity index (χ3n) is 6.07. The molecule has 0 bridgehead atoms. The number of aryl methyl sites for hydroxylation is 2. The van der Waals surface area contributed by atoms with E-state index in [2.05, 4.69) is 17.2 Å². The molecule has 1 saturated heterocycles. The first-order chi connectivity index (χ1) is 14.0. The van der Waals surface area contributed by atoms with E-state index in [1.54, 1.807) is 0 Å². The minimum Gasteiger partial charge on any atom is -0.481 e. The molecule has 0 aliphatic carbocycles. The molecule has 1 fully saturated rings. The largest absolute Gasteiger partial charge is 0.481 e. The van der Waals surface area contributed by atoms with Gasteiger partial charge in [0.2, 0.25) is 0 Å². The minimum atomic E-state index is -0.521. The lowest BCUT2D eigenvalue weighted by Gasteiger charge is -2.31. The quantitative estimate of drug-likeness (QED) is 0.864. The van der Waals surface area contributed by atoms with E-state index in [9.17, 15) is 4.79 Å². The summed E-state index contributed by atoms with van der Waals surface area (Å²) in [6.07, 6.45) is 4.48. The summed E-state index contributed by atoms with van der Waals surface area (Å²) in [7, 11) is 0. The molecule has 6 nitrogen and oxygen atoms in total. The van der Waals surface area contributed by atoms with Crippen LogP contribution in [0.1, 0.15) is 53.9 Å². The fourth-order valence-corrected chi connectivity index (χ4v) is 4.09. The Morgan fingerprint density at radius 3 is 2.93 bits per heavy atom. The molecule has 154 valence electrons. The van der Waals surface area contributed by atoms with E-state index in [-0.39, 0.29) is 5.91 Å². The number of fused-ring (bicyclic) bond motifs is 1. The molecule has 2 aliphatic rings. The monoisotopic (exact) mass is 394 g/mol. The highest BCUT2D eigenvalue weighted by molar-refractivity contribution is 5.81. The lowest BCUT2D eigenvalue weighted by atomic mass is 9.98. The van der Waals surface area contributed by atoms with Crippen molar-refractivity contribution in [2.24, 2.45) is 0 Å². The maximum Gasteiger partial charge on any atom is 0.263 e. The van der Waals surface area contributed by atoms with Crippen LogP contribution in [0.3, 0.4) is 0 Å². The second-order valence-electron chi connectivity index (χ2n) is 8.26. The molecule has 1 N–H and O–H groups in total. The first kappa shape index (κ1) is 19.8. The van der Waals surface area contributed by atoms with Crippen LogP contribution in [-0.2, 0) is 17.8 Å². The zero-order valence-electron chi connectivity index (χ0n) is 17.6. The van der Waals surface area contributed by atoms with Crippen molar-refractivity contribution in [3.8, 4) is 5.75 Å². The molecule has 2 aromatic rings. The van der Waals surface area contributed by atoms with Crippen molar-refractivity contribution >= 4 is 5.91 Å². The number of amides is 1. The molecule has 29 heavy (non-hydrogen) atoms. The van der Waals surface area contributed by atoms with Crippen molar-refractivity contribution in [2.75, 3.05) is 19.6 Å². The van der Waals surface area contributed by atoms with Gasteiger partial charge in [0.25, 0.3) is 5.91 Å². The molecule has 3 heterocycles. The smallest absolute Gasteiger partial charge is 0.263 e. The van der Waals surface area contributed by atoms with Gasteiger partial charge in [0.15, 0.2) is 6.10 Å². The number of nitrogens with one attached hydrogen (secondary N) is 1. The van der Waals surface area contributed by atoms with Crippen molar-refractivity contribution in [1.29, 1.82) is 0 Å². The molecule has 0 radical (unpaired) electrons. The van der Waals surface area contributed by atoms with Crippen molar-refractivity contribution < 1.29 is 9.53 Å². The second-order valence-corrected chi connectivity index (χ2v) is 8.26. The first-order valence-corrected chi connectivity index (χ1v) is 10.6. The Morgan fingerprint density at radius 2 is 2.17 bits per heavy atom. The van der Waals surface area contributed by atoms with Gasteiger partial charge in [-0.15, -0.1) is 0 Å². The van der Waals surface area contributed by atoms with Crippen LogP contribution >= 0.6 is 0 Å². The van der Waals surface area contributed by atoms with Gasteiger partial charge >= 0.3 is 0 Å². The van der Waals surface area contributed by atoms with Crippen molar-refractivity contribution in [3.63, 3.8) is 0 Å². The van der Waals surface area contributed by atoms with Gasteiger partial charge in [-0.05, 0) is 63.4 Å². The van der Waals surface area contributed by atoms with Crippen LogP contribution in [0.2, 0.25) is 0 Å². The number of hydrogen-bond acceptors (Lipinski definition) is 5. The molecule has 2 aliphatic heterocycles. The van der Waals surface area contributed by atoms with E-state index < -0.39 is 6.10 Å². The fraction of sp³-hybridized carbons (Fsp3) is 0.522. The van der Waals surface area contributed by atoms with Crippen LogP contribution in [0.25, 0.3) is 0 Å². The summed E-state index contributed by atoms with van der Waals surface area (Å²) >= 11 is 0. The van der Waals surface area contributed by atoms with Gasteiger partial charge in [-0.1, -0.05) is 6.07 Å². The lowest BCUT2D eigenvalue weighted by molar-refractivity contribution is -0.138. The number of hydrogen-bond donors (Lipinski definition) is 1. The Kier molecular flexibility index (Phi) is 5.81. The third kappa shape index (κ3) is 4.42. The topological polar surface area (TPSA) is 67.3 Å². The molecule has 6 heteroatoms. The average molecular weight is 395 g/mol. The van der Waals surface area contributed by atoms with E-state index in [0.29, 0.717) is 19.0 Å². The number of nitrogens with zero attached hydrogens (tertiary/aromatic N) is 3. The summed E-state index contributed by atoms with van der Waals surface area (Å²) in [6.45, 7) is 9.20. The number of carbonyl (C=O) groups is 1. The minimum absolute atomic E-state index is 0.00874. The predicted octanol–water partition coefficient (Wildman–Crippen LogP) is 2.91. The Balaban J connectivity index is 1.40. The lowest BCUT2D eigenvalue weighted by Crippen LogP contribution is -2.43. The van der Waals surface area contributed by atoms with Gasteiger partial charge in [0, 0.05) is 43.7 Å². The predicted molar refractivity (Wildman–Crippen MR) is 112 cm³/mol. The molecule has 1 amide bonds. The maximum absolute atomic E-state index is 12.9. The standard InChI is InChI=1S/C23H30N4O2/c1-15-6-7-20(11-16(15)2)29-17(3)23(28)27-10-8-21-19(14-27)13-25-22(26-21)18-5-4-9-24-12-18/h6-7,11,13,17-18,24H,4-5,8-10,12,14H2,1-3H3/t17-,18+/m1/s1. The van der Waals surface area contributed by atoms with Gasteiger partial charge in [-0.3, -0.25) is 4.79 Å². The summed E-state index contributed by atoms with van der Waals surface area (Å²) in [5.74, 6) is 2.09. The third-order valence-corrected chi connectivity index (χ3v) is 6.07. The van der Waals surface area contributed by atoms with E-state index in [0.717, 1.165) is 54.3 Å². The number of benzene rings is 1. The van der Waals surface area contributed by atoms with Crippen LogP contribution < -0.4 is 10.1 Å². The molecule has 1 aromatic carbocycles. The Morgan fingerprint density at radius 1 is 1.31 bits per heavy atom. The number of carbonyl (C=O) groups excluding carboxylic acids is 1. The normalized spacial score (nSPS) is 20.1. The fourth-order valence-electron chi connectivity index (χ4n) is 4.09. The van der Waals surface area contributed by atoms with Crippen molar-refractivity contribution in [2.45, 2.75) is 58.6 Å². The highest BCUT2D eigenvalue weighted by Gasteiger charge is 2.28. The first-order valence-electron chi connectivity index (χ1n) is 10.6. The molecule has 4 rings (SSSR count). The maximum atomic E-state index is 12.9. The van der Waals surface area contributed by atoms with Crippen molar-refractivity contribution in [1.82, 2.24) is 20.2 Å². The molecule has 1 aromatic heterocycles. The van der Waals surface area contributed by atoms with E-state index >= 15 is 0 Å². The molecular weight excluding hydrogens is 364 g/mol. The van der Waals surface area contributed by atoms with Crippen molar-refractivity contribution in [3.05, 3.63) is 52.6 Å². The number of aromatic nitrogens is 2. The van der Waals surface area contributed by atoms with Gasteiger partial charge < -0.3 is 15.0 Å². The molecule has 2 atom stereocenters. The van der Waals surface area contributed by atoms with Crippen LogP contribution in [-0.4, -0.2) is 46.5 Å². The number of rotatable bonds is 4. The average Bonchev–Trinajstić information content (AvgIpc) is 2.75. The Labute approximate surface area is 172 Å². The van der Waals surface area contributed by atoms with Crippen LogP contribution in [0.4, 0.5) is 0 Å². The van der Waals surface area contributed by atoms with E-state index in [4.69, 9.17) is 9.72 Å². The molecular formula is C23H30N4O2. The van der Waals surface area contributed by atoms with Crippen LogP contribution in [0, 0.1) is 13.8 Å². The van der Waals surface area contributed by atoms with Gasteiger partial charge in [0.1, 0.15) is 11.6 Å². The Bertz CT molecular complexity index is 892. The number of piperidine rings is 1. The summed E-state index contributed by atoms with van der Waals surface area (Å²) in [6, 6.07) is 5.93. The van der Waals surface area contributed by atoms with Crippen LogP contribution in [0.15, 0.2) is 24.4 Å². The SMILES string of the molecule is Cc1ccc(O[C@H](C)C(=O)N2CCc3nc([C@H]4CCCNC4)ncc3C2)cc1C. The highest BCUT2D eigenvalue weighted by Crippen LogP contribution is 2.24. The Hall–Kier alpha value is -2.47. The van der Waals surface area contributed by atoms with E-state index in [1.807, 2.05) is 43.1 Å². The highest BCUT2D eigenvalue weighted by atomic mass is 16.5. The van der Waals surface area contributed by atoms with Gasteiger partial charge in [0.05, 0.1) is 5.69 Å². The van der Waals surface area contributed by atoms with E-state index in [1.165, 1.54) is 12.0 Å². The zero-order chi connectivity index (χ0) is 20.4. The molecule has 0 saturated carbocycles. The summed E-state index contributed by atoms with van der Waals surface area (Å²) in [4.78, 5) is 24.3. The summed E-state index contributed by atoms with van der Waals surface area (Å²) in [5.41, 5.74) is 4.52. The van der Waals surface area contributed by atoms with Gasteiger partial charge in [-0.2, -0.15) is 0 Å².